The van der Waals surface area contributed by atoms with Gasteiger partial charge in [0.05, 0.1) is 24.7 Å². The number of nitrogens with two attached hydrogens (primary N) is 1. The van der Waals surface area contributed by atoms with Gasteiger partial charge in [-0.1, -0.05) is 0 Å². The molecule has 1 aromatic carbocycles. The summed E-state index contributed by atoms with van der Waals surface area (Å²) in [4.78, 5) is 0. The van der Waals surface area contributed by atoms with Crippen LogP contribution in [0.15, 0.2) is 12.1 Å². The van der Waals surface area contributed by atoms with Crippen molar-refractivity contribution in [2.24, 2.45) is 0 Å². The maximum atomic E-state index is 10.9. The molecule has 84 valence electrons. The molecule has 0 aliphatic carbocycles. The number of anilines is 2. The number of aromatic hydroxyl groups is 1. The molecule has 0 unspecified atom stereocenters. The SMILES string of the molecule is COc1cc(NS(C)(=O)=O)c(O)cc1N. The number of nitrogens with one attached hydrogen (secondary N) is 1. The van der Waals surface area contributed by atoms with E-state index in [1.165, 1.54) is 19.2 Å². The van der Waals surface area contributed by atoms with Gasteiger partial charge in [-0.2, -0.15) is 0 Å². The highest BCUT2D eigenvalue weighted by atomic mass is 32.2. The third kappa shape index (κ3) is 2.91. The van der Waals surface area contributed by atoms with Gasteiger partial charge in [0.15, 0.2) is 0 Å². The molecule has 0 aromatic heterocycles. The number of hydrogen-bond acceptors (Lipinski definition) is 5. The number of methoxy groups -OCH3 is 1. The van der Waals surface area contributed by atoms with Gasteiger partial charge < -0.3 is 15.6 Å². The van der Waals surface area contributed by atoms with Crippen LogP contribution in [0.1, 0.15) is 0 Å². The molecule has 0 fully saturated rings. The van der Waals surface area contributed by atoms with Crippen molar-refractivity contribution in [3.63, 3.8) is 0 Å². The van der Waals surface area contributed by atoms with Crippen molar-refractivity contribution in [1.29, 1.82) is 0 Å². The molecule has 0 aliphatic rings. The summed E-state index contributed by atoms with van der Waals surface area (Å²) in [5, 5.41) is 9.41. The summed E-state index contributed by atoms with van der Waals surface area (Å²) >= 11 is 0. The Balaban J connectivity index is 3.19. The lowest BCUT2D eigenvalue weighted by Gasteiger charge is -2.10. The number of benzene rings is 1. The summed E-state index contributed by atoms with van der Waals surface area (Å²) in [7, 11) is -2.05. The van der Waals surface area contributed by atoms with Gasteiger partial charge in [-0.25, -0.2) is 8.42 Å². The van der Waals surface area contributed by atoms with E-state index in [-0.39, 0.29) is 17.1 Å². The number of rotatable bonds is 3. The molecular formula is C8H12N2O4S. The molecule has 0 aliphatic heterocycles. The number of hydrogen-bond donors (Lipinski definition) is 3. The Kier molecular flexibility index (Phi) is 2.94. The first-order valence-corrected chi connectivity index (χ1v) is 5.87. The summed E-state index contributed by atoms with van der Waals surface area (Å²) in [5.74, 6) is 0.0395. The third-order valence-corrected chi connectivity index (χ3v) is 2.23. The van der Waals surface area contributed by atoms with Gasteiger partial charge in [0.2, 0.25) is 10.0 Å². The first-order chi connectivity index (χ1) is 6.83. The summed E-state index contributed by atoms with van der Waals surface area (Å²) < 4.78 is 28.9. The molecule has 0 saturated carbocycles. The summed E-state index contributed by atoms with van der Waals surface area (Å²) in [6.07, 6.45) is 0.981. The van der Waals surface area contributed by atoms with Crippen LogP contribution < -0.4 is 15.2 Å². The van der Waals surface area contributed by atoms with E-state index in [4.69, 9.17) is 10.5 Å². The fourth-order valence-electron chi connectivity index (χ4n) is 1.04. The summed E-state index contributed by atoms with van der Waals surface area (Å²) in [5.41, 5.74) is 5.76. The Hall–Kier alpha value is -1.63. The second kappa shape index (κ2) is 3.85. The Morgan fingerprint density at radius 1 is 1.47 bits per heavy atom. The van der Waals surface area contributed by atoms with Crippen molar-refractivity contribution in [1.82, 2.24) is 0 Å². The van der Waals surface area contributed by atoms with Crippen LogP contribution in [-0.4, -0.2) is 26.9 Å². The molecular weight excluding hydrogens is 220 g/mol. The van der Waals surface area contributed by atoms with Gasteiger partial charge >= 0.3 is 0 Å². The zero-order chi connectivity index (χ0) is 11.6. The Bertz CT molecular complexity index is 470. The number of sulfonamides is 1. The fraction of sp³-hybridized carbons (Fsp3) is 0.250. The Morgan fingerprint density at radius 3 is 2.53 bits per heavy atom. The molecule has 0 bridgehead atoms. The minimum absolute atomic E-state index is 0.0311. The fourth-order valence-corrected chi connectivity index (χ4v) is 1.61. The third-order valence-electron chi connectivity index (χ3n) is 1.64. The van der Waals surface area contributed by atoms with E-state index in [1.54, 1.807) is 0 Å². The molecule has 7 heteroatoms. The molecule has 0 atom stereocenters. The minimum atomic E-state index is -3.44. The first kappa shape index (κ1) is 11.4. The van der Waals surface area contributed by atoms with E-state index in [2.05, 4.69) is 4.72 Å². The number of nitrogen functional groups attached to an aromatic ring is 1. The maximum Gasteiger partial charge on any atom is 0.229 e. The van der Waals surface area contributed by atoms with Gasteiger partial charge in [0.25, 0.3) is 0 Å². The van der Waals surface area contributed by atoms with Crippen molar-refractivity contribution >= 4 is 21.4 Å². The van der Waals surface area contributed by atoms with E-state index in [0.717, 1.165) is 6.26 Å². The van der Waals surface area contributed by atoms with Crippen LogP contribution in [-0.2, 0) is 10.0 Å². The second-order valence-electron chi connectivity index (χ2n) is 2.99. The van der Waals surface area contributed by atoms with Crippen molar-refractivity contribution in [2.75, 3.05) is 23.8 Å². The lowest BCUT2D eigenvalue weighted by molar-refractivity contribution is 0.415. The zero-order valence-electron chi connectivity index (χ0n) is 8.31. The Morgan fingerprint density at radius 2 is 2.07 bits per heavy atom. The molecule has 6 nitrogen and oxygen atoms in total. The lowest BCUT2D eigenvalue weighted by Crippen LogP contribution is -2.10. The molecule has 1 rings (SSSR count). The molecule has 0 radical (unpaired) electrons. The van der Waals surface area contributed by atoms with Crippen LogP contribution in [0.5, 0.6) is 11.5 Å². The lowest BCUT2D eigenvalue weighted by atomic mass is 10.2. The summed E-state index contributed by atoms with van der Waals surface area (Å²) in [6.45, 7) is 0. The van der Waals surface area contributed by atoms with Gasteiger partial charge in [-0.15, -0.1) is 0 Å². The second-order valence-corrected chi connectivity index (χ2v) is 4.73. The predicted molar refractivity (Wildman–Crippen MR) is 57.5 cm³/mol. The highest BCUT2D eigenvalue weighted by Crippen LogP contribution is 2.33. The normalized spacial score (nSPS) is 11.1. The van der Waals surface area contributed by atoms with Crippen molar-refractivity contribution < 1.29 is 18.3 Å². The first-order valence-electron chi connectivity index (χ1n) is 3.98. The standard InChI is InChI=1S/C8H12N2O4S/c1-14-8-4-6(10-15(2,12)13)7(11)3-5(8)9/h3-4,10-11H,9H2,1-2H3. The van der Waals surface area contributed by atoms with Gasteiger partial charge in [-0.3, -0.25) is 4.72 Å². The number of phenols is 1. The topological polar surface area (TPSA) is 102 Å². The smallest absolute Gasteiger partial charge is 0.229 e. The van der Waals surface area contributed by atoms with Crippen molar-refractivity contribution in [3.05, 3.63) is 12.1 Å². The van der Waals surface area contributed by atoms with Crippen LogP contribution in [0.25, 0.3) is 0 Å². The molecule has 0 heterocycles. The number of phenolic OH excluding ortho intramolecular Hbond substituents is 1. The molecule has 0 amide bonds. The van der Waals surface area contributed by atoms with Crippen LogP contribution in [0.3, 0.4) is 0 Å². The maximum absolute atomic E-state index is 10.9. The average molecular weight is 232 g/mol. The highest BCUT2D eigenvalue weighted by molar-refractivity contribution is 7.92. The summed E-state index contributed by atoms with van der Waals surface area (Å²) in [6, 6.07) is 2.53. The largest absolute Gasteiger partial charge is 0.506 e. The van der Waals surface area contributed by atoms with E-state index < -0.39 is 10.0 Å². The van der Waals surface area contributed by atoms with Gasteiger partial charge in [0.1, 0.15) is 11.5 Å². The van der Waals surface area contributed by atoms with Crippen molar-refractivity contribution in [3.8, 4) is 11.5 Å². The van der Waals surface area contributed by atoms with E-state index in [0.29, 0.717) is 5.75 Å². The molecule has 0 spiro atoms. The monoisotopic (exact) mass is 232 g/mol. The predicted octanol–water partition coefficient (Wildman–Crippen LogP) is 0.355. The van der Waals surface area contributed by atoms with E-state index in [9.17, 15) is 13.5 Å². The van der Waals surface area contributed by atoms with Crippen LogP contribution >= 0.6 is 0 Å². The highest BCUT2D eigenvalue weighted by Gasteiger charge is 2.10. The average Bonchev–Trinajstić information content (AvgIpc) is 2.07. The molecule has 0 saturated heterocycles. The van der Waals surface area contributed by atoms with Crippen LogP contribution in [0, 0.1) is 0 Å². The van der Waals surface area contributed by atoms with Gasteiger partial charge in [-0.05, 0) is 0 Å². The molecule has 1 aromatic rings. The Labute approximate surface area is 87.7 Å². The van der Waals surface area contributed by atoms with Crippen LogP contribution in [0.2, 0.25) is 0 Å². The van der Waals surface area contributed by atoms with E-state index in [1.807, 2.05) is 0 Å². The molecule has 15 heavy (non-hydrogen) atoms. The van der Waals surface area contributed by atoms with Gasteiger partial charge in [0, 0.05) is 12.1 Å². The van der Waals surface area contributed by atoms with Crippen LogP contribution in [0.4, 0.5) is 11.4 Å². The quantitative estimate of drug-likeness (QED) is 0.515. The molecule has 4 N–H and O–H groups in total. The minimum Gasteiger partial charge on any atom is -0.506 e. The van der Waals surface area contributed by atoms with Crippen molar-refractivity contribution in [2.45, 2.75) is 0 Å². The number of ether oxygens (including phenoxy) is 1. The zero-order valence-corrected chi connectivity index (χ0v) is 9.13. The van der Waals surface area contributed by atoms with E-state index >= 15 is 0 Å².